The van der Waals surface area contributed by atoms with Gasteiger partial charge in [-0.15, -0.1) is 0 Å². The van der Waals surface area contributed by atoms with Gasteiger partial charge in [0.1, 0.15) is 0 Å². The summed E-state index contributed by atoms with van der Waals surface area (Å²) >= 11 is 0. The molecule has 1 rings (SSSR count). The second kappa shape index (κ2) is 6.61. The molecule has 0 fully saturated rings. The van der Waals surface area contributed by atoms with E-state index >= 15 is 0 Å². The zero-order valence-corrected chi connectivity index (χ0v) is 9.05. The normalized spacial score (nSPS) is 10.4. The summed E-state index contributed by atoms with van der Waals surface area (Å²) in [7, 11) is 0. The molecular formula is C13H20N. The van der Waals surface area contributed by atoms with Crippen LogP contribution in [0.25, 0.3) is 0 Å². The molecule has 0 amide bonds. The van der Waals surface area contributed by atoms with Gasteiger partial charge in [-0.05, 0) is 30.0 Å². The van der Waals surface area contributed by atoms with Crippen molar-refractivity contribution in [2.75, 3.05) is 0 Å². The molecule has 14 heavy (non-hydrogen) atoms. The minimum atomic E-state index is 0.600. The fourth-order valence-corrected chi connectivity index (χ4v) is 1.60. The van der Waals surface area contributed by atoms with Crippen molar-refractivity contribution in [1.29, 1.82) is 0 Å². The van der Waals surface area contributed by atoms with Crippen molar-refractivity contribution < 1.29 is 0 Å². The minimum absolute atomic E-state index is 0.600. The summed E-state index contributed by atoms with van der Waals surface area (Å²) < 4.78 is 0. The first kappa shape index (κ1) is 11.3. The molecule has 0 spiro atoms. The number of hydrogen-bond acceptors (Lipinski definition) is 1. The molecule has 0 aliphatic heterocycles. The maximum atomic E-state index is 5.56. The zero-order valence-electron chi connectivity index (χ0n) is 9.05. The van der Waals surface area contributed by atoms with Gasteiger partial charge in [0.25, 0.3) is 0 Å². The summed E-state index contributed by atoms with van der Waals surface area (Å²) in [5.74, 6) is 0. The Balaban J connectivity index is 2.34. The molecule has 77 valence electrons. The maximum Gasteiger partial charge on any atom is 0.0184 e. The number of unbranched alkanes of at least 4 members (excludes halogenated alkanes) is 3. The van der Waals surface area contributed by atoms with Crippen LogP contribution in [0.5, 0.6) is 0 Å². The van der Waals surface area contributed by atoms with E-state index in [2.05, 4.69) is 25.1 Å². The van der Waals surface area contributed by atoms with Gasteiger partial charge in [0.2, 0.25) is 0 Å². The lowest BCUT2D eigenvalue weighted by Gasteiger charge is -2.02. The van der Waals surface area contributed by atoms with Gasteiger partial charge in [-0.3, -0.25) is 0 Å². The van der Waals surface area contributed by atoms with E-state index in [1.54, 1.807) is 0 Å². The van der Waals surface area contributed by atoms with Gasteiger partial charge in [-0.1, -0.05) is 44.4 Å². The molecule has 1 radical (unpaired) electrons. The van der Waals surface area contributed by atoms with Gasteiger partial charge < -0.3 is 5.73 Å². The van der Waals surface area contributed by atoms with E-state index in [4.69, 9.17) is 5.73 Å². The molecule has 0 atom stereocenters. The van der Waals surface area contributed by atoms with Crippen molar-refractivity contribution in [3.8, 4) is 0 Å². The smallest absolute Gasteiger partial charge is 0.0184 e. The minimum Gasteiger partial charge on any atom is -0.326 e. The molecule has 0 heterocycles. The lowest BCUT2D eigenvalue weighted by atomic mass is 10.0. The van der Waals surface area contributed by atoms with Crippen molar-refractivity contribution in [3.63, 3.8) is 0 Å². The van der Waals surface area contributed by atoms with Gasteiger partial charge >= 0.3 is 0 Å². The standard InChI is InChI=1S/C13H20N/c1-2-3-4-5-7-12-8-6-9-13(10-12)11-14/h6,8,10H,2-5,7,11,14H2,1H3. The van der Waals surface area contributed by atoms with Crippen LogP contribution in [-0.2, 0) is 13.0 Å². The molecule has 0 saturated carbocycles. The van der Waals surface area contributed by atoms with Crippen LogP contribution in [0, 0.1) is 6.07 Å². The fourth-order valence-electron chi connectivity index (χ4n) is 1.60. The summed E-state index contributed by atoms with van der Waals surface area (Å²) in [6, 6.07) is 9.44. The van der Waals surface area contributed by atoms with Gasteiger partial charge in [0.15, 0.2) is 0 Å². The van der Waals surface area contributed by atoms with Crippen molar-refractivity contribution in [2.24, 2.45) is 5.73 Å². The van der Waals surface area contributed by atoms with E-state index in [0.29, 0.717) is 6.54 Å². The number of aryl methyl sites for hydroxylation is 1. The first-order valence-electron chi connectivity index (χ1n) is 5.56. The Kier molecular flexibility index (Phi) is 5.31. The third-order valence-electron chi connectivity index (χ3n) is 2.46. The topological polar surface area (TPSA) is 26.0 Å². The average Bonchev–Trinajstić information content (AvgIpc) is 2.25. The van der Waals surface area contributed by atoms with Crippen LogP contribution in [0.15, 0.2) is 18.2 Å². The molecule has 1 aromatic rings. The predicted octanol–water partition coefficient (Wildman–Crippen LogP) is 3.07. The molecule has 1 heteroatoms. The van der Waals surface area contributed by atoms with E-state index in [1.165, 1.54) is 37.7 Å². The van der Waals surface area contributed by atoms with Crippen LogP contribution in [0.1, 0.15) is 43.7 Å². The monoisotopic (exact) mass is 190 g/mol. The highest BCUT2D eigenvalue weighted by atomic mass is 14.5. The number of nitrogens with two attached hydrogens (primary N) is 1. The van der Waals surface area contributed by atoms with Crippen LogP contribution in [0.3, 0.4) is 0 Å². The van der Waals surface area contributed by atoms with Gasteiger partial charge in [-0.25, -0.2) is 0 Å². The Morgan fingerprint density at radius 3 is 2.86 bits per heavy atom. The van der Waals surface area contributed by atoms with E-state index in [0.717, 1.165) is 5.56 Å². The summed E-state index contributed by atoms with van der Waals surface area (Å²) in [5.41, 5.74) is 8.09. The second-order valence-corrected chi connectivity index (χ2v) is 3.74. The molecular weight excluding hydrogens is 170 g/mol. The Bertz CT molecular complexity index is 255. The van der Waals surface area contributed by atoms with E-state index in [1.807, 2.05) is 6.07 Å². The van der Waals surface area contributed by atoms with Crippen LogP contribution >= 0.6 is 0 Å². The number of hydrogen-bond donors (Lipinski definition) is 1. The Morgan fingerprint density at radius 2 is 2.14 bits per heavy atom. The molecule has 0 unspecified atom stereocenters. The van der Waals surface area contributed by atoms with Crippen LogP contribution in [0.2, 0.25) is 0 Å². The number of benzene rings is 1. The van der Waals surface area contributed by atoms with Gasteiger partial charge in [-0.2, -0.15) is 0 Å². The zero-order chi connectivity index (χ0) is 10.2. The van der Waals surface area contributed by atoms with Crippen LogP contribution in [0.4, 0.5) is 0 Å². The van der Waals surface area contributed by atoms with E-state index in [9.17, 15) is 0 Å². The number of rotatable bonds is 6. The lowest BCUT2D eigenvalue weighted by molar-refractivity contribution is 0.666. The van der Waals surface area contributed by atoms with E-state index in [-0.39, 0.29) is 0 Å². The third kappa shape index (κ3) is 3.93. The lowest BCUT2D eigenvalue weighted by Crippen LogP contribution is -1.97. The molecule has 1 aromatic carbocycles. The fraction of sp³-hybridized carbons (Fsp3) is 0.538. The van der Waals surface area contributed by atoms with Crippen LogP contribution in [-0.4, -0.2) is 0 Å². The molecule has 0 aliphatic carbocycles. The SMILES string of the molecule is CCCCCCc1cc[c]c(CN)c1. The second-order valence-electron chi connectivity index (χ2n) is 3.74. The molecule has 0 aromatic heterocycles. The largest absolute Gasteiger partial charge is 0.326 e. The Morgan fingerprint density at radius 1 is 1.29 bits per heavy atom. The highest BCUT2D eigenvalue weighted by Crippen LogP contribution is 2.09. The summed E-state index contributed by atoms with van der Waals surface area (Å²) in [6.07, 6.45) is 6.47. The van der Waals surface area contributed by atoms with Gasteiger partial charge in [0.05, 0.1) is 0 Å². The van der Waals surface area contributed by atoms with Crippen molar-refractivity contribution >= 4 is 0 Å². The third-order valence-corrected chi connectivity index (χ3v) is 2.46. The molecule has 0 bridgehead atoms. The Labute approximate surface area is 87.3 Å². The van der Waals surface area contributed by atoms with Crippen molar-refractivity contribution in [1.82, 2.24) is 0 Å². The van der Waals surface area contributed by atoms with Crippen molar-refractivity contribution in [2.45, 2.75) is 45.6 Å². The quantitative estimate of drug-likeness (QED) is 0.685. The average molecular weight is 190 g/mol. The highest BCUT2D eigenvalue weighted by molar-refractivity contribution is 5.22. The van der Waals surface area contributed by atoms with E-state index < -0.39 is 0 Å². The molecule has 0 saturated heterocycles. The summed E-state index contributed by atoms with van der Waals surface area (Å²) in [4.78, 5) is 0. The first-order chi connectivity index (χ1) is 6.86. The summed E-state index contributed by atoms with van der Waals surface area (Å²) in [6.45, 7) is 2.84. The molecule has 2 N–H and O–H groups in total. The molecule has 0 aliphatic rings. The predicted molar refractivity (Wildman–Crippen MR) is 61.0 cm³/mol. The highest BCUT2D eigenvalue weighted by Gasteiger charge is 1.95. The first-order valence-corrected chi connectivity index (χ1v) is 5.56. The maximum absolute atomic E-state index is 5.56. The Hall–Kier alpha value is -0.820. The van der Waals surface area contributed by atoms with Crippen molar-refractivity contribution in [3.05, 3.63) is 35.4 Å². The van der Waals surface area contributed by atoms with Gasteiger partial charge in [0, 0.05) is 6.54 Å². The molecule has 1 nitrogen and oxygen atoms in total. The summed E-state index contributed by atoms with van der Waals surface area (Å²) in [5, 5.41) is 0. The van der Waals surface area contributed by atoms with Crippen LogP contribution < -0.4 is 5.73 Å².